The monoisotopic (exact) mass is 264 g/mol. The molecule has 0 bridgehead atoms. The molecular formula is C14H20N2OS. The van der Waals surface area contributed by atoms with Gasteiger partial charge in [-0.2, -0.15) is 11.8 Å². The van der Waals surface area contributed by atoms with Gasteiger partial charge in [-0.1, -0.05) is 37.3 Å². The molecule has 1 aliphatic heterocycles. The van der Waals surface area contributed by atoms with Gasteiger partial charge in [0.1, 0.15) is 6.17 Å². The molecule has 1 N–H and O–H groups in total. The molecule has 2 rings (SSSR count). The molecule has 1 saturated heterocycles. The van der Waals surface area contributed by atoms with Crippen LogP contribution in [0.25, 0.3) is 0 Å². The van der Waals surface area contributed by atoms with Crippen LogP contribution in [0.4, 0.5) is 0 Å². The zero-order valence-electron chi connectivity index (χ0n) is 10.9. The minimum absolute atomic E-state index is 0.0335. The Kier molecular flexibility index (Phi) is 4.66. The van der Waals surface area contributed by atoms with Gasteiger partial charge < -0.3 is 4.90 Å². The highest BCUT2D eigenvalue weighted by molar-refractivity contribution is 7.99. The molecule has 1 aliphatic rings. The first kappa shape index (κ1) is 13.4. The summed E-state index contributed by atoms with van der Waals surface area (Å²) in [5.41, 5.74) is 1.16. The maximum absolute atomic E-state index is 12.0. The minimum Gasteiger partial charge on any atom is -0.318 e. The number of amides is 1. The van der Waals surface area contributed by atoms with Crippen molar-refractivity contribution >= 4 is 17.7 Å². The van der Waals surface area contributed by atoms with Gasteiger partial charge in [-0.3, -0.25) is 10.1 Å². The number of rotatable bonds is 5. The quantitative estimate of drug-likeness (QED) is 0.885. The van der Waals surface area contributed by atoms with Crippen LogP contribution in [-0.2, 0) is 4.79 Å². The molecule has 0 aliphatic carbocycles. The van der Waals surface area contributed by atoms with E-state index < -0.39 is 0 Å². The van der Waals surface area contributed by atoms with Gasteiger partial charge in [0.15, 0.2) is 0 Å². The molecule has 0 saturated carbocycles. The van der Waals surface area contributed by atoms with Crippen LogP contribution in [-0.4, -0.2) is 34.9 Å². The highest BCUT2D eigenvalue weighted by Crippen LogP contribution is 2.25. The largest absolute Gasteiger partial charge is 0.318 e. The first-order valence-corrected chi connectivity index (χ1v) is 7.56. The van der Waals surface area contributed by atoms with Crippen LogP contribution in [0.1, 0.15) is 25.6 Å². The average molecular weight is 264 g/mol. The lowest BCUT2D eigenvalue weighted by Crippen LogP contribution is -2.39. The molecule has 4 heteroatoms. The second-order valence-electron chi connectivity index (χ2n) is 4.50. The van der Waals surface area contributed by atoms with E-state index >= 15 is 0 Å². The Labute approximate surface area is 113 Å². The normalized spacial score (nSPS) is 21.3. The van der Waals surface area contributed by atoms with Crippen molar-refractivity contribution in [2.75, 3.05) is 18.1 Å². The second kappa shape index (κ2) is 6.25. The lowest BCUT2D eigenvalue weighted by atomic mass is 10.1. The van der Waals surface area contributed by atoms with Gasteiger partial charge in [-0.25, -0.2) is 0 Å². The molecule has 1 aromatic carbocycles. The van der Waals surface area contributed by atoms with Gasteiger partial charge in [-0.05, 0) is 18.2 Å². The van der Waals surface area contributed by atoms with Crippen molar-refractivity contribution in [3.05, 3.63) is 35.9 Å². The van der Waals surface area contributed by atoms with Crippen LogP contribution in [0.15, 0.2) is 30.3 Å². The number of hydrogen-bond acceptors (Lipinski definition) is 3. The second-order valence-corrected chi connectivity index (χ2v) is 5.82. The van der Waals surface area contributed by atoms with Crippen LogP contribution < -0.4 is 5.32 Å². The predicted molar refractivity (Wildman–Crippen MR) is 76.5 cm³/mol. The summed E-state index contributed by atoms with van der Waals surface area (Å²) < 4.78 is 0. The van der Waals surface area contributed by atoms with E-state index in [1.165, 1.54) is 0 Å². The van der Waals surface area contributed by atoms with Gasteiger partial charge in [0.25, 0.3) is 0 Å². The van der Waals surface area contributed by atoms with Crippen molar-refractivity contribution in [3.8, 4) is 0 Å². The van der Waals surface area contributed by atoms with E-state index in [-0.39, 0.29) is 18.1 Å². The fourth-order valence-electron chi connectivity index (χ4n) is 2.30. The average Bonchev–Trinajstić information content (AvgIpc) is 2.79. The Balaban J connectivity index is 2.12. The van der Waals surface area contributed by atoms with Crippen LogP contribution in [0.5, 0.6) is 0 Å². The molecule has 18 heavy (non-hydrogen) atoms. The van der Waals surface area contributed by atoms with E-state index in [4.69, 9.17) is 0 Å². The smallest absolute Gasteiger partial charge is 0.238 e. The fourth-order valence-corrected chi connectivity index (χ4v) is 3.04. The van der Waals surface area contributed by atoms with Crippen molar-refractivity contribution in [2.45, 2.75) is 26.1 Å². The molecule has 1 aromatic rings. The van der Waals surface area contributed by atoms with E-state index in [2.05, 4.69) is 31.3 Å². The van der Waals surface area contributed by atoms with Crippen molar-refractivity contribution in [3.63, 3.8) is 0 Å². The minimum atomic E-state index is 0.0335. The standard InChI is InChI=1S/C14H20N2OS/c1-3-18-10-11(2)16-13(17)9-15-14(16)12-7-5-4-6-8-12/h4-8,11,14-15H,3,9-10H2,1-2H3. The van der Waals surface area contributed by atoms with Crippen molar-refractivity contribution in [1.82, 2.24) is 10.2 Å². The number of benzene rings is 1. The molecule has 0 spiro atoms. The Morgan fingerprint density at radius 3 is 2.83 bits per heavy atom. The molecule has 1 amide bonds. The van der Waals surface area contributed by atoms with Gasteiger partial charge in [0.2, 0.25) is 5.91 Å². The Hall–Kier alpha value is -1.00. The Bertz CT molecular complexity index is 396. The third-order valence-electron chi connectivity index (χ3n) is 3.17. The summed E-state index contributed by atoms with van der Waals surface area (Å²) in [6, 6.07) is 10.4. The summed E-state index contributed by atoms with van der Waals surface area (Å²) in [6.45, 7) is 4.72. The van der Waals surface area contributed by atoms with Crippen molar-refractivity contribution in [1.29, 1.82) is 0 Å². The lowest BCUT2D eigenvalue weighted by molar-refractivity contribution is -0.129. The van der Waals surface area contributed by atoms with Gasteiger partial charge in [-0.15, -0.1) is 0 Å². The van der Waals surface area contributed by atoms with E-state index in [1.807, 2.05) is 34.9 Å². The molecule has 0 radical (unpaired) electrons. The Morgan fingerprint density at radius 1 is 1.44 bits per heavy atom. The highest BCUT2D eigenvalue weighted by Gasteiger charge is 2.34. The third kappa shape index (κ3) is 2.87. The van der Waals surface area contributed by atoms with Crippen molar-refractivity contribution in [2.24, 2.45) is 0 Å². The number of carbonyl (C=O) groups excluding carboxylic acids is 1. The van der Waals surface area contributed by atoms with Crippen LogP contribution in [0, 0.1) is 0 Å². The van der Waals surface area contributed by atoms with Gasteiger partial charge in [0.05, 0.1) is 6.54 Å². The van der Waals surface area contributed by atoms with Crippen LogP contribution in [0.3, 0.4) is 0 Å². The lowest BCUT2D eigenvalue weighted by Gasteiger charge is -2.30. The molecule has 2 unspecified atom stereocenters. The topological polar surface area (TPSA) is 32.3 Å². The number of hydrogen-bond donors (Lipinski definition) is 1. The summed E-state index contributed by atoms with van der Waals surface area (Å²) in [5, 5.41) is 3.30. The molecular weight excluding hydrogens is 244 g/mol. The summed E-state index contributed by atoms with van der Waals surface area (Å²) in [7, 11) is 0. The van der Waals surface area contributed by atoms with E-state index in [9.17, 15) is 4.79 Å². The summed E-state index contributed by atoms with van der Waals surface area (Å²) in [5.74, 6) is 2.29. The zero-order chi connectivity index (χ0) is 13.0. The van der Waals surface area contributed by atoms with Crippen molar-refractivity contribution < 1.29 is 4.79 Å². The molecule has 98 valence electrons. The number of thioether (sulfide) groups is 1. The summed E-state index contributed by atoms with van der Waals surface area (Å²) in [4.78, 5) is 14.0. The summed E-state index contributed by atoms with van der Waals surface area (Å²) in [6.07, 6.45) is 0.0335. The number of nitrogens with zero attached hydrogens (tertiary/aromatic N) is 1. The van der Waals surface area contributed by atoms with Crippen LogP contribution >= 0.6 is 11.8 Å². The first-order chi connectivity index (χ1) is 8.74. The maximum atomic E-state index is 12.0. The van der Waals surface area contributed by atoms with E-state index in [1.54, 1.807) is 0 Å². The van der Waals surface area contributed by atoms with Gasteiger partial charge in [0, 0.05) is 11.8 Å². The molecule has 2 atom stereocenters. The van der Waals surface area contributed by atoms with E-state index in [0.717, 1.165) is 17.1 Å². The molecule has 1 heterocycles. The summed E-state index contributed by atoms with van der Waals surface area (Å²) >= 11 is 1.88. The molecule has 1 fully saturated rings. The first-order valence-electron chi connectivity index (χ1n) is 6.41. The fraction of sp³-hybridized carbons (Fsp3) is 0.500. The number of nitrogens with one attached hydrogen (secondary N) is 1. The molecule has 0 aromatic heterocycles. The third-order valence-corrected chi connectivity index (χ3v) is 4.29. The SMILES string of the molecule is CCSCC(C)N1C(=O)CNC1c1ccccc1. The highest BCUT2D eigenvalue weighted by atomic mass is 32.2. The number of carbonyl (C=O) groups is 1. The van der Waals surface area contributed by atoms with Crippen LogP contribution in [0.2, 0.25) is 0 Å². The zero-order valence-corrected chi connectivity index (χ0v) is 11.7. The Morgan fingerprint density at radius 2 is 2.17 bits per heavy atom. The van der Waals surface area contributed by atoms with E-state index in [0.29, 0.717) is 6.54 Å². The maximum Gasteiger partial charge on any atom is 0.238 e. The predicted octanol–water partition coefficient (Wildman–Crippen LogP) is 2.26. The molecule has 3 nitrogen and oxygen atoms in total. The van der Waals surface area contributed by atoms with Gasteiger partial charge >= 0.3 is 0 Å².